The van der Waals surface area contributed by atoms with Crippen LogP contribution in [0.1, 0.15) is 11.3 Å². The van der Waals surface area contributed by atoms with E-state index >= 15 is 0 Å². The summed E-state index contributed by atoms with van der Waals surface area (Å²) < 4.78 is 21.6. The summed E-state index contributed by atoms with van der Waals surface area (Å²) in [5, 5.41) is 0.959. The van der Waals surface area contributed by atoms with Gasteiger partial charge >= 0.3 is 5.97 Å². The van der Waals surface area contributed by atoms with Crippen LogP contribution < -0.4 is 9.47 Å². The highest BCUT2D eigenvalue weighted by Gasteiger charge is 2.26. The van der Waals surface area contributed by atoms with Crippen molar-refractivity contribution >= 4 is 28.9 Å². The zero-order valence-electron chi connectivity index (χ0n) is 12.9. The fourth-order valence-electron chi connectivity index (χ4n) is 2.77. The van der Waals surface area contributed by atoms with E-state index in [1.165, 1.54) is 0 Å². The molecule has 2 aromatic carbocycles. The molecule has 2 aliphatic heterocycles. The van der Waals surface area contributed by atoms with Crippen LogP contribution >= 0.6 is 0 Å². The van der Waals surface area contributed by atoms with E-state index in [9.17, 15) is 4.79 Å². The summed E-state index contributed by atoms with van der Waals surface area (Å²) in [6, 6.07) is 14.7. The number of cyclic esters (lactones) is 1. The molecule has 0 bridgehead atoms. The quantitative estimate of drug-likeness (QED) is 0.530. The fraction of sp³-hybridized carbons (Fsp3) is 0.0526. The molecule has 0 aliphatic carbocycles. The molecule has 0 saturated heterocycles. The van der Waals surface area contributed by atoms with Crippen LogP contribution in [-0.2, 0) is 9.53 Å². The molecule has 25 heavy (non-hydrogen) atoms. The Morgan fingerprint density at radius 3 is 2.80 bits per heavy atom. The zero-order valence-corrected chi connectivity index (χ0v) is 12.9. The Bertz CT molecular complexity index is 1040. The summed E-state index contributed by atoms with van der Waals surface area (Å²) in [7, 11) is 0. The van der Waals surface area contributed by atoms with Crippen molar-refractivity contribution in [2.24, 2.45) is 4.99 Å². The van der Waals surface area contributed by atoms with Gasteiger partial charge in [0, 0.05) is 17.0 Å². The lowest BCUT2D eigenvalue weighted by Crippen LogP contribution is -2.05. The first-order chi connectivity index (χ1) is 12.3. The molecule has 0 N–H and O–H groups in total. The minimum atomic E-state index is -0.520. The number of ether oxygens (including phenoxy) is 3. The summed E-state index contributed by atoms with van der Waals surface area (Å²) in [6.45, 7) is 0.183. The Hall–Kier alpha value is -3.54. The number of furan rings is 1. The van der Waals surface area contributed by atoms with Crippen LogP contribution in [0.15, 0.2) is 63.6 Å². The molecular formula is C19H11NO5. The second kappa shape index (κ2) is 5.24. The second-order valence-corrected chi connectivity index (χ2v) is 5.59. The van der Waals surface area contributed by atoms with E-state index in [-0.39, 0.29) is 18.4 Å². The van der Waals surface area contributed by atoms with E-state index in [1.807, 2.05) is 30.3 Å². The van der Waals surface area contributed by atoms with Gasteiger partial charge in [-0.1, -0.05) is 18.2 Å². The van der Waals surface area contributed by atoms with Crippen LogP contribution in [0.2, 0.25) is 0 Å². The molecule has 0 spiro atoms. The van der Waals surface area contributed by atoms with Gasteiger partial charge in [0.25, 0.3) is 0 Å². The third kappa shape index (κ3) is 2.35. The number of fused-ring (bicyclic) bond motifs is 2. The number of carbonyl (C=O) groups is 1. The highest BCUT2D eigenvalue weighted by atomic mass is 16.7. The first-order valence-electron chi connectivity index (χ1n) is 7.67. The average molecular weight is 333 g/mol. The van der Waals surface area contributed by atoms with Crippen molar-refractivity contribution in [2.75, 3.05) is 6.79 Å². The Kier molecular flexibility index (Phi) is 2.90. The molecule has 5 rings (SSSR count). The van der Waals surface area contributed by atoms with Gasteiger partial charge in [0.15, 0.2) is 17.2 Å². The molecule has 0 atom stereocenters. The van der Waals surface area contributed by atoms with E-state index in [2.05, 4.69) is 4.99 Å². The first-order valence-corrected chi connectivity index (χ1v) is 7.67. The van der Waals surface area contributed by atoms with E-state index in [4.69, 9.17) is 18.6 Å². The molecule has 0 fully saturated rings. The maximum atomic E-state index is 12.1. The highest BCUT2D eigenvalue weighted by Crippen LogP contribution is 2.33. The lowest BCUT2D eigenvalue weighted by molar-refractivity contribution is -0.129. The number of hydrogen-bond acceptors (Lipinski definition) is 6. The number of aliphatic imine (C=N–C) groups is 1. The Balaban J connectivity index is 1.50. The Labute approximate surface area is 141 Å². The SMILES string of the molecule is O=C1OC(c2ccc3c(c2)OCO3)=N/C1=C\c1cc2ccccc2o1. The Morgan fingerprint density at radius 1 is 1.00 bits per heavy atom. The molecule has 3 aromatic rings. The van der Waals surface area contributed by atoms with Crippen LogP contribution in [-0.4, -0.2) is 18.7 Å². The van der Waals surface area contributed by atoms with E-state index < -0.39 is 5.97 Å². The molecule has 2 aliphatic rings. The van der Waals surface area contributed by atoms with E-state index in [0.717, 1.165) is 11.0 Å². The van der Waals surface area contributed by atoms with Crippen LogP contribution in [0.3, 0.4) is 0 Å². The largest absolute Gasteiger partial charge is 0.457 e. The highest BCUT2D eigenvalue weighted by molar-refractivity contribution is 6.13. The van der Waals surface area contributed by atoms with Gasteiger partial charge in [-0.05, 0) is 30.3 Å². The van der Waals surface area contributed by atoms with E-state index in [1.54, 1.807) is 24.3 Å². The number of nitrogens with zero attached hydrogens (tertiary/aromatic N) is 1. The van der Waals surface area contributed by atoms with Crippen LogP contribution in [0, 0.1) is 0 Å². The van der Waals surface area contributed by atoms with Crippen molar-refractivity contribution in [3.8, 4) is 11.5 Å². The van der Waals surface area contributed by atoms with Crippen molar-refractivity contribution in [3.63, 3.8) is 0 Å². The smallest absolute Gasteiger partial charge is 0.363 e. The monoisotopic (exact) mass is 333 g/mol. The van der Waals surface area contributed by atoms with Crippen molar-refractivity contribution in [1.29, 1.82) is 0 Å². The summed E-state index contributed by atoms with van der Waals surface area (Å²) in [5.41, 5.74) is 1.58. The number of rotatable bonds is 2. The first kappa shape index (κ1) is 13.9. The van der Waals surface area contributed by atoms with Gasteiger partial charge in [-0.3, -0.25) is 0 Å². The molecule has 6 nitrogen and oxygen atoms in total. The molecule has 0 saturated carbocycles. The summed E-state index contributed by atoms with van der Waals surface area (Å²) in [4.78, 5) is 16.4. The predicted molar refractivity (Wildman–Crippen MR) is 89.4 cm³/mol. The van der Waals surface area contributed by atoms with E-state index in [0.29, 0.717) is 22.8 Å². The maximum Gasteiger partial charge on any atom is 0.363 e. The van der Waals surface area contributed by atoms with Gasteiger partial charge in [0.1, 0.15) is 11.3 Å². The molecule has 1 aromatic heterocycles. The maximum absolute atomic E-state index is 12.1. The number of carbonyl (C=O) groups excluding carboxylic acids is 1. The topological polar surface area (TPSA) is 70.3 Å². The number of esters is 1. The summed E-state index contributed by atoms with van der Waals surface area (Å²) in [6.07, 6.45) is 1.57. The van der Waals surface area contributed by atoms with Crippen molar-refractivity contribution in [2.45, 2.75) is 0 Å². The van der Waals surface area contributed by atoms with Crippen LogP contribution in [0.4, 0.5) is 0 Å². The normalized spacial score (nSPS) is 17.2. The summed E-state index contributed by atoms with van der Waals surface area (Å²) >= 11 is 0. The third-order valence-electron chi connectivity index (χ3n) is 3.96. The van der Waals surface area contributed by atoms with Crippen molar-refractivity contribution in [1.82, 2.24) is 0 Å². The minimum absolute atomic E-state index is 0.183. The lowest BCUT2D eigenvalue weighted by atomic mass is 10.2. The minimum Gasteiger partial charge on any atom is -0.457 e. The van der Waals surface area contributed by atoms with Gasteiger partial charge in [-0.15, -0.1) is 0 Å². The summed E-state index contributed by atoms with van der Waals surface area (Å²) in [5.74, 6) is 1.51. The Morgan fingerprint density at radius 2 is 1.88 bits per heavy atom. The molecule has 0 unspecified atom stereocenters. The molecule has 122 valence electrons. The fourth-order valence-corrected chi connectivity index (χ4v) is 2.77. The second-order valence-electron chi connectivity index (χ2n) is 5.59. The average Bonchev–Trinajstić information content (AvgIpc) is 3.32. The molecular weight excluding hydrogens is 322 g/mol. The number of benzene rings is 2. The predicted octanol–water partition coefficient (Wildman–Crippen LogP) is 3.51. The molecule has 3 heterocycles. The third-order valence-corrected chi connectivity index (χ3v) is 3.96. The van der Waals surface area contributed by atoms with Gasteiger partial charge in [-0.2, -0.15) is 0 Å². The zero-order chi connectivity index (χ0) is 16.8. The van der Waals surface area contributed by atoms with Crippen molar-refractivity contribution in [3.05, 3.63) is 65.6 Å². The molecule has 0 radical (unpaired) electrons. The van der Waals surface area contributed by atoms with Crippen LogP contribution in [0.5, 0.6) is 11.5 Å². The van der Waals surface area contributed by atoms with Crippen molar-refractivity contribution < 1.29 is 23.4 Å². The molecule has 0 amide bonds. The lowest BCUT2D eigenvalue weighted by Gasteiger charge is -2.01. The standard InChI is InChI=1S/C19H11NO5/c21-19-14(9-13-7-11-3-1-2-4-15(11)24-13)20-18(25-19)12-5-6-16-17(8-12)23-10-22-16/h1-9H,10H2/b14-9-. The number of para-hydroxylation sites is 1. The number of hydrogen-bond donors (Lipinski definition) is 0. The molecule has 6 heteroatoms. The van der Waals surface area contributed by atoms with Gasteiger partial charge in [0.2, 0.25) is 12.7 Å². The van der Waals surface area contributed by atoms with Gasteiger partial charge < -0.3 is 18.6 Å². The van der Waals surface area contributed by atoms with Gasteiger partial charge in [-0.25, -0.2) is 9.79 Å². The van der Waals surface area contributed by atoms with Crippen LogP contribution in [0.25, 0.3) is 17.0 Å². The van der Waals surface area contributed by atoms with Gasteiger partial charge in [0.05, 0.1) is 0 Å².